The van der Waals surface area contributed by atoms with Gasteiger partial charge in [-0.1, -0.05) is 0 Å². The van der Waals surface area contributed by atoms with Crippen molar-refractivity contribution < 1.29 is 14.6 Å². The van der Waals surface area contributed by atoms with Crippen molar-refractivity contribution >= 4 is 43.8 Å². The summed E-state index contributed by atoms with van der Waals surface area (Å²) in [7, 11) is 1.59. The predicted octanol–water partition coefficient (Wildman–Crippen LogP) is 2.98. The Morgan fingerprint density at radius 1 is 1.48 bits per heavy atom. The Kier molecular flexibility index (Phi) is 7.43. The molecule has 7 heteroatoms. The van der Waals surface area contributed by atoms with E-state index in [1.165, 1.54) is 6.08 Å². The number of amides is 1. The van der Waals surface area contributed by atoms with Crippen LogP contribution in [0.5, 0.6) is 5.75 Å². The third-order valence-electron chi connectivity index (χ3n) is 2.53. The topological polar surface area (TPSA) is 82.3 Å². The quantitative estimate of drug-likeness (QED) is 0.423. The molecule has 2 N–H and O–H groups in total. The maximum Gasteiger partial charge on any atom is 0.261 e. The largest absolute Gasteiger partial charge is 0.506 e. The van der Waals surface area contributed by atoms with Crippen molar-refractivity contribution in [1.82, 2.24) is 5.32 Å². The Labute approximate surface area is 139 Å². The first kappa shape index (κ1) is 17.7. The van der Waals surface area contributed by atoms with Gasteiger partial charge in [-0.3, -0.25) is 4.79 Å². The number of phenols is 1. The number of nitrogens with zero attached hydrogens (tertiary/aromatic N) is 1. The number of hydrogen-bond acceptors (Lipinski definition) is 4. The van der Waals surface area contributed by atoms with E-state index < -0.39 is 5.91 Å². The van der Waals surface area contributed by atoms with Crippen molar-refractivity contribution in [3.8, 4) is 11.8 Å². The van der Waals surface area contributed by atoms with E-state index >= 15 is 0 Å². The highest BCUT2D eigenvalue weighted by molar-refractivity contribution is 9.11. The van der Waals surface area contributed by atoms with Crippen molar-refractivity contribution in [2.24, 2.45) is 0 Å². The zero-order chi connectivity index (χ0) is 15.8. The molecule has 1 aromatic carbocycles. The van der Waals surface area contributed by atoms with E-state index in [1.54, 1.807) is 19.2 Å². The molecule has 0 atom stereocenters. The molecule has 0 saturated carbocycles. The SMILES string of the molecule is COCCCNC(=O)/C(C#N)=C/c1cc(Br)c(O)c(Br)c1. The molecule has 21 heavy (non-hydrogen) atoms. The maximum absolute atomic E-state index is 11.9. The number of nitriles is 1. The summed E-state index contributed by atoms with van der Waals surface area (Å²) in [5.41, 5.74) is 0.618. The van der Waals surface area contributed by atoms with Gasteiger partial charge in [-0.15, -0.1) is 0 Å². The second kappa shape index (κ2) is 8.82. The van der Waals surface area contributed by atoms with E-state index in [1.807, 2.05) is 6.07 Å². The van der Waals surface area contributed by atoms with Crippen LogP contribution in [0.3, 0.4) is 0 Å². The van der Waals surface area contributed by atoms with E-state index in [0.717, 1.165) is 0 Å². The molecular weight excluding hydrogens is 404 g/mol. The third-order valence-corrected chi connectivity index (χ3v) is 3.74. The zero-order valence-electron chi connectivity index (χ0n) is 11.3. The number of methoxy groups -OCH3 is 1. The van der Waals surface area contributed by atoms with E-state index in [9.17, 15) is 9.90 Å². The third kappa shape index (κ3) is 5.50. The number of benzene rings is 1. The molecule has 1 rings (SSSR count). The summed E-state index contributed by atoms with van der Waals surface area (Å²) in [5.74, 6) is -0.372. The fraction of sp³-hybridized carbons (Fsp3) is 0.286. The fourth-order valence-corrected chi connectivity index (χ4v) is 2.72. The second-order valence-electron chi connectivity index (χ2n) is 4.11. The molecule has 5 nitrogen and oxygen atoms in total. The molecule has 0 bridgehead atoms. The first-order valence-electron chi connectivity index (χ1n) is 6.06. The van der Waals surface area contributed by atoms with Gasteiger partial charge in [-0.05, 0) is 62.1 Å². The molecule has 0 aliphatic carbocycles. The van der Waals surface area contributed by atoms with Crippen LogP contribution >= 0.6 is 31.9 Å². The molecule has 0 aliphatic heterocycles. The number of carbonyl (C=O) groups excluding carboxylic acids is 1. The first-order chi connectivity index (χ1) is 9.99. The molecule has 112 valence electrons. The van der Waals surface area contributed by atoms with Crippen molar-refractivity contribution in [2.75, 3.05) is 20.3 Å². The molecule has 0 spiro atoms. The lowest BCUT2D eigenvalue weighted by Crippen LogP contribution is -2.26. The lowest BCUT2D eigenvalue weighted by Gasteiger charge is -2.05. The highest BCUT2D eigenvalue weighted by Gasteiger charge is 2.10. The summed E-state index contributed by atoms with van der Waals surface area (Å²) in [6, 6.07) is 5.11. The van der Waals surface area contributed by atoms with Crippen LogP contribution in [0.1, 0.15) is 12.0 Å². The van der Waals surface area contributed by atoms with Gasteiger partial charge in [-0.2, -0.15) is 5.26 Å². The first-order valence-corrected chi connectivity index (χ1v) is 7.65. The fourth-order valence-electron chi connectivity index (χ4n) is 1.50. The number of rotatable bonds is 6. The van der Waals surface area contributed by atoms with E-state index in [2.05, 4.69) is 37.2 Å². The van der Waals surface area contributed by atoms with Crippen LogP contribution in [-0.2, 0) is 9.53 Å². The Morgan fingerprint density at radius 2 is 2.10 bits per heavy atom. The van der Waals surface area contributed by atoms with Gasteiger partial charge in [0.05, 0.1) is 8.95 Å². The van der Waals surface area contributed by atoms with Gasteiger partial charge < -0.3 is 15.2 Å². The molecule has 0 heterocycles. The van der Waals surface area contributed by atoms with Gasteiger partial charge in [-0.25, -0.2) is 0 Å². The summed E-state index contributed by atoms with van der Waals surface area (Å²) in [4.78, 5) is 11.9. The molecule has 0 aliphatic rings. The van der Waals surface area contributed by atoms with E-state index in [4.69, 9.17) is 10.00 Å². The van der Waals surface area contributed by atoms with Crippen LogP contribution in [0.2, 0.25) is 0 Å². The predicted molar refractivity (Wildman–Crippen MR) is 86.6 cm³/mol. The second-order valence-corrected chi connectivity index (χ2v) is 5.81. The minimum Gasteiger partial charge on any atom is -0.506 e. The standard InChI is InChI=1S/C14H14Br2N2O3/c1-21-4-2-3-18-14(20)10(8-17)5-9-6-11(15)13(19)12(16)7-9/h5-7,19H,2-4H2,1H3,(H,18,20)/b10-5+. The molecule has 1 aromatic rings. The minimum atomic E-state index is -0.436. The number of aromatic hydroxyl groups is 1. The molecular formula is C14H14Br2N2O3. The number of halogens is 2. The van der Waals surface area contributed by atoms with Gasteiger partial charge >= 0.3 is 0 Å². The molecule has 0 unspecified atom stereocenters. The summed E-state index contributed by atoms with van der Waals surface area (Å²) in [6.45, 7) is 0.985. The number of carbonyl (C=O) groups is 1. The Bertz CT molecular complexity index is 571. The maximum atomic E-state index is 11.9. The smallest absolute Gasteiger partial charge is 0.261 e. The highest BCUT2D eigenvalue weighted by Crippen LogP contribution is 2.33. The Hall–Kier alpha value is -1.36. The van der Waals surface area contributed by atoms with Crippen molar-refractivity contribution in [3.05, 3.63) is 32.2 Å². The zero-order valence-corrected chi connectivity index (χ0v) is 14.5. The summed E-state index contributed by atoms with van der Waals surface area (Å²) < 4.78 is 5.82. The van der Waals surface area contributed by atoms with Crippen LogP contribution in [-0.4, -0.2) is 31.3 Å². The summed E-state index contributed by atoms with van der Waals surface area (Å²) in [5, 5.41) is 21.4. The van der Waals surface area contributed by atoms with Crippen LogP contribution in [0.4, 0.5) is 0 Å². The lowest BCUT2D eigenvalue weighted by molar-refractivity contribution is -0.117. The average molecular weight is 418 g/mol. The van der Waals surface area contributed by atoms with Crippen LogP contribution in [0, 0.1) is 11.3 Å². The van der Waals surface area contributed by atoms with Crippen LogP contribution < -0.4 is 5.32 Å². The Morgan fingerprint density at radius 3 is 2.62 bits per heavy atom. The normalized spacial score (nSPS) is 11.0. The molecule has 0 fully saturated rings. The van der Waals surface area contributed by atoms with E-state index in [-0.39, 0.29) is 11.3 Å². The van der Waals surface area contributed by atoms with Crippen molar-refractivity contribution in [3.63, 3.8) is 0 Å². The van der Waals surface area contributed by atoms with Gasteiger partial charge in [0, 0.05) is 20.3 Å². The molecule has 0 radical (unpaired) electrons. The van der Waals surface area contributed by atoms with Crippen molar-refractivity contribution in [1.29, 1.82) is 5.26 Å². The summed E-state index contributed by atoms with van der Waals surface area (Å²) >= 11 is 6.40. The Balaban J connectivity index is 2.84. The molecule has 1 amide bonds. The average Bonchev–Trinajstić information content (AvgIpc) is 2.46. The molecule has 0 aromatic heterocycles. The monoisotopic (exact) mass is 416 g/mol. The van der Waals surface area contributed by atoms with E-state index in [0.29, 0.717) is 34.1 Å². The highest BCUT2D eigenvalue weighted by atomic mass is 79.9. The van der Waals surface area contributed by atoms with Crippen molar-refractivity contribution in [2.45, 2.75) is 6.42 Å². The minimum absolute atomic E-state index is 0.00286. The number of nitrogens with one attached hydrogen (secondary N) is 1. The number of hydrogen-bond donors (Lipinski definition) is 2. The lowest BCUT2D eigenvalue weighted by atomic mass is 10.1. The molecule has 0 saturated heterocycles. The van der Waals surface area contributed by atoms with Gasteiger partial charge in [0.1, 0.15) is 17.4 Å². The number of ether oxygens (including phenoxy) is 1. The van der Waals surface area contributed by atoms with Crippen LogP contribution in [0.15, 0.2) is 26.7 Å². The van der Waals surface area contributed by atoms with Gasteiger partial charge in [0.25, 0.3) is 5.91 Å². The number of phenolic OH excluding ortho intramolecular Hbond substituents is 1. The van der Waals surface area contributed by atoms with Gasteiger partial charge in [0.2, 0.25) is 0 Å². The van der Waals surface area contributed by atoms with Gasteiger partial charge in [0.15, 0.2) is 0 Å². The summed E-state index contributed by atoms with van der Waals surface area (Å²) in [6.07, 6.45) is 2.14. The van der Waals surface area contributed by atoms with Crippen LogP contribution in [0.25, 0.3) is 6.08 Å².